The summed E-state index contributed by atoms with van der Waals surface area (Å²) in [7, 11) is 0. The Morgan fingerprint density at radius 3 is 2.54 bits per heavy atom. The molecule has 0 heterocycles. The first kappa shape index (κ1) is 12.2. The first-order valence-electron chi connectivity index (χ1n) is 4.43. The fraction of sp³-hybridized carbons (Fsp3) is 0.700. The molecule has 0 amide bonds. The predicted octanol–water partition coefficient (Wildman–Crippen LogP) is 1.49. The molecule has 76 valence electrons. The van der Waals surface area contributed by atoms with Gasteiger partial charge in [-0.15, -0.1) is 6.58 Å². The SMILES string of the molecule is C=CC(C)NCC(=O)OC(C)(C)C. The number of rotatable bonds is 4. The zero-order valence-electron chi connectivity index (χ0n) is 8.89. The first-order valence-corrected chi connectivity index (χ1v) is 4.43. The van der Waals surface area contributed by atoms with Crippen molar-refractivity contribution >= 4 is 5.97 Å². The minimum absolute atomic E-state index is 0.132. The van der Waals surface area contributed by atoms with Gasteiger partial charge in [0.15, 0.2) is 0 Å². The molecule has 1 unspecified atom stereocenters. The topological polar surface area (TPSA) is 38.3 Å². The van der Waals surface area contributed by atoms with E-state index in [2.05, 4.69) is 11.9 Å². The summed E-state index contributed by atoms with van der Waals surface area (Å²) in [6.07, 6.45) is 1.74. The highest BCUT2D eigenvalue weighted by molar-refractivity contribution is 5.72. The Kier molecular flexibility index (Phi) is 4.70. The van der Waals surface area contributed by atoms with Gasteiger partial charge in [0.05, 0.1) is 6.54 Å². The first-order chi connectivity index (χ1) is 5.85. The summed E-state index contributed by atoms with van der Waals surface area (Å²) in [6.45, 7) is 11.3. The summed E-state index contributed by atoms with van der Waals surface area (Å²) in [5.74, 6) is -0.235. The highest BCUT2D eigenvalue weighted by Gasteiger charge is 2.15. The van der Waals surface area contributed by atoms with Crippen molar-refractivity contribution in [2.75, 3.05) is 6.54 Å². The molecular weight excluding hydrogens is 166 g/mol. The molecule has 1 atom stereocenters. The van der Waals surface area contributed by atoms with Crippen LogP contribution in [-0.2, 0) is 9.53 Å². The molecule has 0 aromatic heterocycles. The van der Waals surface area contributed by atoms with Crippen molar-refractivity contribution < 1.29 is 9.53 Å². The molecule has 0 aromatic rings. The number of nitrogens with one attached hydrogen (secondary N) is 1. The summed E-state index contributed by atoms with van der Waals surface area (Å²) in [5.41, 5.74) is -0.407. The summed E-state index contributed by atoms with van der Waals surface area (Å²) in [5, 5.41) is 2.96. The number of carbonyl (C=O) groups is 1. The van der Waals surface area contributed by atoms with E-state index >= 15 is 0 Å². The molecule has 13 heavy (non-hydrogen) atoms. The quantitative estimate of drug-likeness (QED) is 0.532. The maximum Gasteiger partial charge on any atom is 0.320 e. The van der Waals surface area contributed by atoms with Gasteiger partial charge >= 0.3 is 5.97 Å². The number of ether oxygens (including phenoxy) is 1. The summed E-state index contributed by atoms with van der Waals surface area (Å²) in [6, 6.07) is 0.132. The Morgan fingerprint density at radius 2 is 2.15 bits per heavy atom. The van der Waals surface area contributed by atoms with Gasteiger partial charge in [-0.1, -0.05) is 6.08 Å². The van der Waals surface area contributed by atoms with Crippen molar-refractivity contribution in [2.24, 2.45) is 0 Å². The second-order valence-corrected chi connectivity index (χ2v) is 3.99. The normalized spacial score (nSPS) is 13.5. The lowest BCUT2D eigenvalue weighted by Gasteiger charge is -2.20. The lowest BCUT2D eigenvalue weighted by atomic mass is 10.2. The fourth-order valence-corrected chi connectivity index (χ4v) is 0.705. The Balaban J connectivity index is 3.70. The molecule has 0 aliphatic carbocycles. The van der Waals surface area contributed by atoms with Gasteiger partial charge in [-0.05, 0) is 27.7 Å². The van der Waals surface area contributed by atoms with Crippen LogP contribution in [0.25, 0.3) is 0 Å². The van der Waals surface area contributed by atoms with Crippen LogP contribution in [0.1, 0.15) is 27.7 Å². The number of hydrogen-bond donors (Lipinski definition) is 1. The van der Waals surface area contributed by atoms with Crippen LogP contribution >= 0.6 is 0 Å². The largest absolute Gasteiger partial charge is 0.459 e. The highest BCUT2D eigenvalue weighted by atomic mass is 16.6. The molecule has 0 aliphatic rings. The Labute approximate surface area is 80.2 Å². The molecule has 3 nitrogen and oxygen atoms in total. The van der Waals surface area contributed by atoms with Crippen LogP contribution in [0.3, 0.4) is 0 Å². The summed E-state index contributed by atoms with van der Waals surface area (Å²) < 4.78 is 5.10. The molecule has 1 N–H and O–H groups in total. The molecule has 0 radical (unpaired) electrons. The minimum Gasteiger partial charge on any atom is -0.459 e. The minimum atomic E-state index is -0.407. The standard InChI is InChI=1S/C10H19NO2/c1-6-8(2)11-7-9(12)13-10(3,4)5/h6,8,11H,1,7H2,2-5H3. The third-order valence-corrected chi connectivity index (χ3v) is 1.34. The van der Waals surface area contributed by atoms with Gasteiger partial charge in [0.2, 0.25) is 0 Å². The van der Waals surface area contributed by atoms with E-state index in [-0.39, 0.29) is 18.6 Å². The van der Waals surface area contributed by atoms with E-state index < -0.39 is 5.60 Å². The molecule has 0 saturated heterocycles. The van der Waals surface area contributed by atoms with Gasteiger partial charge in [0.25, 0.3) is 0 Å². The maximum atomic E-state index is 11.2. The van der Waals surface area contributed by atoms with E-state index in [0.29, 0.717) is 0 Å². The van der Waals surface area contributed by atoms with E-state index in [9.17, 15) is 4.79 Å². The second-order valence-electron chi connectivity index (χ2n) is 3.99. The van der Waals surface area contributed by atoms with Crippen molar-refractivity contribution in [1.82, 2.24) is 5.32 Å². The van der Waals surface area contributed by atoms with E-state index in [1.165, 1.54) is 0 Å². The van der Waals surface area contributed by atoms with Gasteiger partial charge in [-0.3, -0.25) is 4.79 Å². The molecule has 0 saturated carbocycles. The number of esters is 1. The number of carbonyl (C=O) groups excluding carboxylic acids is 1. The van der Waals surface area contributed by atoms with Crippen LogP contribution in [0.2, 0.25) is 0 Å². The third-order valence-electron chi connectivity index (χ3n) is 1.34. The monoisotopic (exact) mass is 185 g/mol. The van der Waals surface area contributed by atoms with Gasteiger partial charge in [0, 0.05) is 6.04 Å². The van der Waals surface area contributed by atoms with Gasteiger partial charge < -0.3 is 10.1 Å². The van der Waals surface area contributed by atoms with Crippen molar-refractivity contribution in [3.63, 3.8) is 0 Å². The molecule has 0 aliphatic heterocycles. The van der Waals surface area contributed by atoms with Crippen molar-refractivity contribution in [1.29, 1.82) is 0 Å². The van der Waals surface area contributed by atoms with E-state index in [4.69, 9.17) is 4.74 Å². The third kappa shape index (κ3) is 7.53. The van der Waals surface area contributed by atoms with Gasteiger partial charge in [-0.25, -0.2) is 0 Å². The number of hydrogen-bond acceptors (Lipinski definition) is 3. The molecule has 0 aromatic carbocycles. The summed E-state index contributed by atoms with van der Waals surface area (Å²) in [4.78, 5) is 11.2. The Bertz CT molecular complexity index is 182. The summed E-state index contributed by atoms with van der Waals surface area (Å²) >= 11 is 0. The van der Waals surface area contributed by atoms with E-state index in [1.54, 1.807) is 6.08 Å². The molecule has 0 bridgehead atoms. The Hall–Kier alpha value is -0.830. The maximum absolute atomic E-state index is 11.2. The van der Waals surface area contributed by atoms with Crippen molar-refractivity contribution in [3.8, 4) is 0 Å². The predicted molar refractivity (Wildman–Crippen MR) is 53.5 cm³/mol. The van der Waals surface area contributed by atoms with E-state index in [0.717, 1.165) is 0 Å². The molecule has 0 rings (SSSR count). The van der Waals surface area contributed by atoms with Gasteiger partial charge in [-0.2, -0.15) is 0 Å². The lowest BCUT2D eigenvalue weighted by Crippen LogP contribution is -2.34. The van der Waals surface area contributed by atoms with Crippen LogP contribution in [0, 0.1) is 0 Å². The van der Waals surface area contributed by atoms with Crippen LogP contribution in [0.15, 0.2) is 12.7 Å². The van der Waals surface area contributed by atoms with Crippen LogP contribution < -0.4 is 5.32 Å². The Morgan fingerprint density at radius 1 is 1.62 bits per heavy atom. The van der Waals surface area contributed by atoms with Crippen molar-refractivity contribution in [2.45, 2.75) is 39.3 Å². The fourth-order valence-electron chi connectivity index (χ4n) is 0.705. The smallest absolute Gasteiger partial charge is 0.320 e. The lowest BCUT2D eigenvalue weighted by molar-refractivity contribution is -0.153. The van der Waals surface area contributed by atoms with Crippen LogP contribution in [0.5, 0.6) is 0 Å². The second kappa shape index (κ2) is 5.02. The van der Waals surface area contributed by atoms with Gasteiger partial charge in [0.1, 0.15) is 5.60 Å². The van der Waals surface area contributed by atoms with Crippen LogP contribution in [-0.4, -0.2) is 24.2 Å². The zero-order chi connectivity index (χ0) is 10.5. The molecule has 3 heteroatoms. The molecule has 0 spiro atoms. The van der Waals surface area contributed by atoms with Crippen LogP contribution in [0.4, 0.5) is 0 Å². The van der Waals surface area contributed by atoms with E-state index in [1.807, 2.05) is 27.7 Å². The highest BCUT2D eigenvalue weighted by Crippen LogP contribution is 2.06. The zero-order valence-corrected chi connectivity index (χ0v) is 8.89. The average molecular weight is 185 g/mol. The molecule has 0 fully saturated rings. The van der Waals surface area contributed by atoms with Crippen molar-refractivity contribution in [3.05, 3.63) is 12.7 Å². The average Bonchev–Trinajstić information content (AvgIpc) is 1.97. The molecular formula is C10H19NO2.